The predicted octanol–water partition coefficient (Wildman–Crippen LogP) is 5.47. The van der Waals surface area contributed by atoms with E-state index in [0.717, 1.165) is 10.5 Å². The second kappa shape index (κ2) is 9.55. The maximum Gasteiger partial charge on any atom is 0.416 e. The number of nitrogens with zero attached hydrogens (tertiary/aromatic N) is 2. The second-order valence-corrected chi connectivity index (χ2v) is 8.25. The molecule has 2 aromatic carbocycles. The van der Waals surface area contributed by atoms with E-state index in [9.17, 15) is 41.0 Å². The van der Waals surface area contributed by atoms with Crippen molar-refractivity contribution in [1.82, 2.24) is 9.80 Å². The fraction of sp³-hybridized carbons (Fsp3) is 0.391. The van der Waals surface area contributed by atoms with Gasteiger partial charge in [0.15, 0.2) is 0 Å². The second-order valence-electron chi connectivity index (χ2n) is 8.25. The number of hydrogen-bond donors (Lipinski definition) is 1. The molecule has 0 aromatic heterocycles. The number of amides is 2. The lowest BCUT2D eigenvalue weighted by Gasteiger charge is -2.38. The zero-order valence-electron chi connectivity index (χ0n) is 18.0. The highest BCUT2D eigenvalue weighted by molar-refractivity contribution is 5.80. The van der Waals surface area contributed by atoms with Crippen molar-refractivity contribution in [2.75, 3.05) is 20.1 Å². The molecule has 11 heteroatoms. The molecule has 34 heavy (non-hydrogen) atoms. The zero-order valence-corrected chi connectivity index (χ0v) is 18.0. The number of hydrogen-bond acceptors (Lipinski definition) is 2. The molecule has 0 saturated carbocycles. The zero-order chi connectivity index (χ0) is 25.3. The maximum atomic E-state index is 13.2. The number of carboxylic acid groups (broad SMARTS) is 1. The first-order valence-corrected chi connectivity index (χ1v) is 10.3. The average Bonchev–Trinajstić information content (AvgIpc) is 2.77. The smallest absolute Gasteiger partial charge is 0.416 e. The van der Waals surface area contributed by atoms with Crippen molar-refractivity contribution in [3.05, 3.63) is 70.8 Å². The van der Waals surface area contributed by atoms with E-state index in [2.05, 4.69) is 0 Å². The van der Waals surface area contributed by atoms with Gasteiger partial charge in [0.25, 0.3) is 0 Å². The minimum Gasteiger partial charge on any atom is -0.465 e. The van der Waals surface area contributed by atoms with Crippen molar-refractivity contribution in [2.24, 2.45) is 5.92 Å². The summed E-state index contributed by atoms with van der Waals surface area (Å²) in [6.07, 6.45) is -10.9. The molecule has 1 aliphatic heterocycles. The van der Waals surface area contributed by atoms with Gasteiger partial charge in [-0.2, -0.15) is 26.3 Å². The van der Waals surface area contributed by atoms with E-state index in [0.29, 0.717) is 12.1 Å². The van der Waals surface area contributed by atoms with Crippen LogP contribution in [0.15, 0.2) is 48.5 Å². The molecule has 3 rings (SSSR count). The number of rotatable bonds is 4. The van der Waals surface area contributed by atoms with Gasteiger partial charge in [-0.25, -0.2) is 4.79 Å². The first kappa shape index (κ1) is 25.4. The van der Waals surface area contributed by atoms with Crippen LogP contribution in [-0.4, -0.2) is 47.0 Å². The SMILES string of the molecule is CN(Cc1cc(C(F)(F)F)cc(C(F)(F)F)c1)C(=O)[C@H]1CCN(C(=O)O)C[C@H]1c1ccccc1. The number of piperidine rings is 1. The average molecular weight is 488 g/mol. The lowest BCUT2D eigenvalue weighted by molar-refractivity contribution is -0.143. The Morgan fingerprint density at radius 1 is 1.00 bits per heavy atom. The first-order valence-electron chi connectivity index (χ1n) is 10.3. The van der Waals surface area contributed by atoms with Crippen LogP contribution in [0.2, 0.25) is 0 Å². The van der Waals surface area contributed by atoms with Gasteiger partial charge in [-0.1, -0.05) is 30.3 Å². The molecule has 1 aliphatic rings. The Hall–Kier alpha value is -3.24. The molecule has 2 aromatic rings. The molecule has 1 heterocycles. The molecular formula is C23H22F6N2O3. The summed E-state index contributed by atoms with van der Waals surface area (Å²) in [4.78, 5) is 27.0. The van der Waals surface area contributed by atoms with Gasteiger partial charge in [0.1, 0.15) is 0 Å². The van der Waals surface area contributed by atoms with E-state index < -0.39 is 53.9 Å². The summed E-state index contributed by atoms with van der Waals surface area (Å²) in [5.41, 5.74) is -2.49. The Bertz CT molecular complexity index is 1010. The van der Waals surface area contributed by atoms with Gasteiger partial charge in [-0.3, -0.25) is 4.79 Å². The lowest BCUT2D eigenvalue weighted by atomic mass is 9.80. The molecule has 2 amide bonds. The van der Waals surface area contributed by atoms with Gasteiger partial charge in [0.05, 0.1) is 11.1 Å². The van der Waals surface area contributed by atoms with Crippen LogP contribution in [0, 0.1) is 5.92 Å². The van der Waals surface area contributed by atoms with Gasteiger partial charge in [0.2, 0.25) is 5.91 Å². The summed E-state index contributed by atoms with van der Waals surface area (Å²) in [5.74, 6) is -1.67. The highest BCUT2D eigenvalue weighted by Gasteiger charge is 2.39. The Balaban J connectivity index is 1.87. The number of carbonyl (C=O) groups excluding carboxylic acids is 1. The third-order valence-corrected chi connectivity index (χ3v) is 5.87. The van der Waals surface area contributed by atoms with Gasteiger partial charge in [-0.05, 0) is 35.7 Å². The molecule has 0 unspecified atom stereocenters. The van der Waals surface area contributed by atoms with E-state index in [1.165, 1.54) is 11.9 Å². The van der Waals surface area contributed by atoms with Crippen molar-refractivity contribution < 1.29 is 41.0 Å². The summed E-state index contributed by atoms with van der Waals surface area (Å²) in [6.45, 7) is -0.331. The minimum atomic E-state index is -4.99. The fourth-order valence-electron chi connectivity index (χ4n) is 4.20. The first-order chi connectivity index (χ1) is 15.8. The topological polar surface area (TPSA) is 60.9 Å². The predicted molar refractivity (Wildman–Crippen MR) is 110 cm³/mol. The van der Waals surface area contributed by atoms with Crippen LogP contribution in [0.1, 0.15) is 34.6 Å². The van der Waals surface area contributed by atoms with Crippen LogP contribution >= 0.6 is 0 Å². The monoisotopic (exact) mass is 488 g/mol. The molecule has 184 valence electrons. The molecule has 0 spiro atoms. The molecule has 1 fully saturated rings. The Morgan fingerprint density at radius 3 is 2.06 bits per heavy atom. The molecule has 0 radical (unpaired) electrons. The van der Waals surface area contributed by atoms with Crippen molar-refractivity contribution in [2.45, 2.75) is 31.2 Å². The Morgan fingerprint density at radius 2 is 1.56 bits per heavy atom. The molecule has 1 N–H and O–H groups in total. The van der Waals surface area contributed by atoms with Crippen LogP contribution < -0.4 is 0 Å². The summed E-state index contributed by atoms with van der Waals surface area (Å²) in [7, 11) is 1.31. The van der Waals surface area contributed by atoms with Crippen LogP contribution in [0.4, 0.5) is 31.1 Å². The molecule has 5 nitrogen and oxygen atoms in total. The van der Waals surface area contributed by atoms with Gasteiger partial charge in [0, 0.05) is 38.5 Å². The van der Waals surface area contributed by atoms with Crippen LogP contribution in [0.3, 0.4) is 0 Å². The normalized spacial score (nSPS) is 19.1. The molecule has 2 atom stereocenters. The highest BCUT2D eigenvalue weighted by atomic mass is 19.4. The number of carbonyl (C=O) groups is 2. The van der Waals surface area contributed by atoms with Gasteiger partial charge in [-0.15, -0.1) is 0 Å². The quantitative estimate of drug-likeness (QED) is 0.581. The molecular weight excluding hydrogens is 466 g/mol. The Labute approximate surface area is 191 Å². The van der Waals surface area contributed by atoms with Crippen molar-refractivity contribution in [3.63, 3.8) is 0 Å². The highest BCUT2D eigenvalue weighted by Crippen LogP contribution is 2.37. The minimum absolute atomic E-state index is 0.0401. The molecule has 0 aliphatic carbocycles. The van der Waals surface area contributed by atoms with E-state index in [1.54, 1.807) is 30.3 Å². The summed E-state index contributed by atoms with van der Waals surface area (Å²) in [6, 6.07) is 9.97. The lowest BCUT2D eigenvalue weighted by Crippen LogP contribution is -2.47. The summed E-state index contributed by atoms with van der Waals surface area (Å²) < 4.78 is 79.0. The largest absolute Gasteiger partial charge is 0.465 e. The Kier molecular flexibility index (Phi) is 7.13. The molecule has 0 bridgehead atoms. The van der Waals surface area contributed by atoms with Gasteiger partial charge >= 0.3 is 18.4 Å². The molecule has 1 saturated heterocycles. The van der Waals surface area contributed by atoms with Crippen LogP contribution in [-0.2, 0) is 23.7 Å². The number of benzene rings is 2. The van der Waals surface area contributed by atoms with E-state index in [4.69, 9.17) is 0 Å². The van der Waals surface area contributed by atoms with Crippen molar-refractivity contribution >= 4 is 12.0 Å². The van der Waals surface area contributed by atoms with E-state index in [1.807, 2.05) is 0 Å². The third-order valence-electron chi connectivity index (χ3n) is 5.87. The van der Waals surface area contributed by atoms with Crippen molar-refractivity contribution in [1.29, 1.82) is 0 Å². The van der Waals surface area contributed by atoms with Gasteiger partial charge < -0.3 is 14.9 Å². The number of alkyl halides is 6. The van der Waals surface area contributed by atoms with Crippen molar-refractivity contribution in [3.8, 4) is 0 Å². The van der Waals surface area contributed by atoms with E-state index >= 15 is 0 Å². The third kappa shape index (κ3) is 5.81. The van der Waals surface area contributed by atoms with Crippen LogP contribution in [0.5, 0.6) is 0 Å². The number of likely N-dealkylation sites (tertiary alicyclic amines) is 1. The standard InChI is InChI=1S/C23H22F6N2O3/c1-30(12-14-9-16(22(24,25)26)11-17(10-14)23(27,28)29)20(32)18-7-8-31(21(33)34)13-19(18)15-5-3-2-4-6-15/h2-6,9-11,18-19H,7-8,12-13H2,1H3,(H,33,34)/t18-,19-/m0/s1. The summed E-state index contributed by atoms with van der Waals surface area (Å²) in [5, 5.41) is 9.36. The summed E-state index contributed by atoms with van der Waals surface area (Å²) >= 11 is 0. The number of halogens is 6. The van der Waals surface area contributed by atoms with E-state index in [-0.39, 0.29) is 31.1 Å². The maximum absolute atomic E-state index is 13.2. The van der Waals surface area contributed by atoms with Crippen LogP contribution in [0.25, 0.3) is 0 Å². The fourth-order valence-corrected chi connectivity index (χ4v) is 4.20.